The predicted molar refractivity (Wildman–Crippen MR) is 69.1 cm³/mol. The van der Waals surface area contributed by atoms with Crippen molar-refractivity contribution in [3.05, 3.63) is 11.9 Å². The molecule has 7 heteroatoms. The topological polar surface area (TPSA) is 95.1 Å². The molecule has 1 fully saturated rings. The average Bonchev–Trinajstić information content (AvgIpc) is 2.87. The Morgan fingerprint density at radius 2 is 2.47 bits per heavy atom. The Morgan fingerprint density at radius 3 is 3.16 bits per heavy atom. The van der Waals surface area contributed by atoms with Gasteiger partial charge in [0.1, 0.15) is 6.54 Å². The van der Waals surface area contributed by atoms with E-state index in [0.29, 0.717) is 24.9 Å². The smallest absolute Gasteiger partial charge is 0.241 e. The van der Waals surface area contributed by atoms with Crippen molar-refractivity contribution in [1.29, 1.82) is 0 Å². The molecule has 1 atom stereocenters. The summed E-state index contributed by atoms with van der Waals surface area (Å²) in [6.07, 6.45) is 6.32. The molecule has 3 N–H and O–H groups in total. The van der Waals surface area contributed by atoms with Crippen molar-refractivity contribution in [3.8, 4) is 0 Å². The summed E-state index contributed by atoms with van der Waals surface area (Å²) in [7, 11) is 0. The number of aromatic nitrogens is 3. The molecular weight excluding hydrogens is 246 g/mol. The van der Waals surface area contributed by atoms with Crippen LogP contribution in [0.5, 0.6) is 0 Å². The van der Waals surface area contributed by atoms with Crippen LogP contribution < -0.4 is 11.1 Å². The van der Waals surface area contributed by atoms with E-state index in [0.717, 1.165) is 25.9 Å². The average molecular weight is 267 g/mol. The molecule has 0 aliphatic carbocycles. The third kappa shape index (κ3) is 4.60. The highest BCUT2D eigenvalue weighted by atomic mass is 16.5. The molecule has 2 heterocycles. The number of nitrogens with two attached hydrogens (primary N) is 1. The Hall–Kier alpha value is -1.47. The second kappa shape index (κ2) is 7.20. The molecule has 1 saturated heterocycles. The van der Waals surface area contributed by atoms with E-state index in [1.54, 1.807) is 6.20 Å². The van der Waals surface area contributed by atoms with Crippen molar-refractivity contribution in [2.75, 3.05) is 13.2 Å². The summed E-state index contributed by atoms with van der Waals surface area (Å²) in [6, 6.07) is 0. The van der Waals surface area contributed by atoms with Gasteiger partial charge in [0.05, 0.1) is 18.0 Å². The third-order valence-electron chi connectivity index (χ3n) is 3.16. The van der Waals surface area contributed by atoms with Crippen molar-refractivity contribution in [2.45, 2.75) is 44.9 Å². The minimum atomic E-state index is -0.0655. The summed E-state index contributed by atoms with van der Waals surface area (Å²) in [5, 5.41) is 10.5. The SMILES string of the molecule is NCc1cn(CC(=O)NCCC2CCCCO2)nn1. The number of amides is 1. The zero-order valence-corrected chi connectivity index (χ0v) is 11.0. The molecule has 7 nitrogen and oxygen atoms in total. The van der Waals surface area contributed by atoms with Crippen molar-refractivity contribution in [1.82, 2.24) is 20.3 Å². The molecule has 1 aromatic heterocycles. The standard InChI is InChI=1S/C12H21N5O2/c13-7-10-8-17(16-15-10)9-12(18)14-5-4-11-3-1-2-6-19-11/h8,11H,1-7,9,13H2,(H,14,18). The molecule has 1 unspecified atom stereocenters. The number of hydrogen-bond acceptors (Lipinski definition) is 5. The van der Waals surface area contributed by atoms with Gasteiger partial charge in [0.25, 0.3) is 0 Å². The van der Waals surface area contributed by atoms with Gasteiger partial charge in [-0.15, -0.1) is 5.10 Å². The lowest BCUT2D eigenvalue weighted by Gasteiger charge is -2.22. The van der Waals surface area contributed by atoms with E-state index in [4.69, 9.17) is 10.5 Å². The number of carbonyl (C=O) groups is 1. The maximum absolute atomic E-state index is 11.7. The van der Waals surface area contributed by atoms with E-state index in [-0.39, 0.29) is 12.5 Å². The lowest BCUT2D eigenvalue weighted by Crippen LogP contribution is -2.31. The first-order valence-corrected chi connectivity index (χ1v) is 6.75. The van der Waals surface area contributed by atoms with Crippen LogP contribution in [-0.4, -0.2) is 40.2 Å². The van der Waals surface area contributed by atoms with E-state index in [1.807, 2.05) is 0 Å². The number of rotatable bonds is 6. The molecule has 19 heavy (non-hydrogen) atoms. The number of carbonyl (C=O) groups excluding carboxylic acids is 1. The summed E-state index contributed by atoms with van der Waals surface area (Å²) in [6.45, 7) is 2.00. The van der Waals surface area contributed by atoms with Crippen LogP contribution in [0.3, 0.4) is 0 Å². The first-order valence-electron chi connectivity index (χ1n) is 6.75. The highest BCUT2D eigenvalue weighted by molar-refractivity contribution is 5.75. The summed E-state index contributed by atoms with van der Waals surface area (Å²) in [5.41, 5.74) is 6.11. The second-order valence-electron chi connectivity index (χ2n) is 4.74. The third-order valence-corrected chi connectivity index (χ3v) is 3.16. The quantitative estimate of drug-likeness (QED) is 0.745. The van der Waals surface area contributed by atoms with Crippen LogP contribution in [0.4, 0.5) is 0 Å². The summed E-state index contributed by atoms with van der Waals surface area (Å²) in [4.78, 5) is 11.7. The van der Waals surface area contributed by atoms with Crippen LogP contribution in [0.2, 0.25) is 0 Å². The van der Waals surface area contributed by atoms with E-state index < -0.39 is 0 Å². The van der Waals surface area contributed by atoms with Gasteiger partial charge < -0.3 is 15.8 Å². The first-order chi connectivity index (χ1) is 9.28. The second-order valence-corrected chi connectivity index (χ2v) is 4.74. The van der Waals surface area contributed by atoms with Gasteiger partial charge in [-0.3, -0.25) is 4.79 Å². The molecule has 1 amide bonds. The van der Waals surface area contributed by atoms with E-state index >= 15 is 0 Å². The van der Waals surface area contributed by atoms with Crippen LogP contribution in [0.1, 0.15) is 31.4 Å². The molecule has 1 aliphatic heterocycles. The molecule has 0 radical (unpaired) electrons. The predicted octanol–water partition coefficient (Wildman–Crippen LogP) is -0.188. The Labute approximate surface area is 112 Å². The zero-order valence-electron chi connectivity index (χ0n) is 11.0. The fourth-order valence-electron chi connectivity index (χ4n) is 2.12. The monoisotopic (exact) mass is 267 g/mol. The molecular formula is C12H21N5O2. The van der Waals surface area contributed by atoms with Crippen LogP contribution in [-0.2, 0) is 22.6 Å². The van der Waals surface area contributed by atoms with Gasteiger partial charge in [0.2, 0.25) is 5.91 Å². The lowest BCUT2D eigenvalue weighted by atomic mass is 10.1. The largest absolute Gasteiger partial charge is 0.378 e. The fraction of sp³-hybridized carbons (Fsp3) is 0.750. The number of hydrogen-bond donors (Lipinski definition) is 2. The van der Waals surface area contributed by atoms with Crippen LogP contribution in [0.25, 0.3) is 0 Å². The molecule has 0 aromatic carbocycles. The molecule has 0 saturated carbocycles. The number of nitrogens with zero attached hydrogens (tertiary/aromatic N) is 3. The van der Waals surface area contributed by atoms with E-state index in [9.17, 15) is 4.79 Å². The highest BCUT2D eigenvalue weighted by Gasteiger charge is 2.13. The van der Waals surface area contributed by atoms with Gasteiger partial charge in [0.15, 0.2) is 0 Å². The molecule has 0 bridgehead atoms. The minimum Gasteiger partial charge on any atom is -0.378 e. The van der Waals surface area contributed by atoms with E-state index in [1.165, 1.54) is 11.1 Å². The Kier molecular flexibility index (Phi) is 5.29. The maximum Gasteiger partial charge on any atom is 0.241 e. The van der Waals surface area contributed by atoms with Gasteiger partial charge in [-0.25, -0.2) is 4.68 Å². The van der Waals surface area contributed by atoms with Crippen LogP contribution >= 0.6 is 0 Å². The van der Waals surface area contributed by atoms with Crippen molar-refractivity contribution in [2.24, 2.45) is 5.73 Å². The Bertz CT molecular complexity index is 401. The van der Waals surface area contributed by atoms with Gasteiger partial charge in [-0.1, -0.05) is 5.21 Å². The summed E-state index contributed by atoms with van der Waals surface area (Å²) < 4.78 is 7.10. The number of nitrogens with one attached hydrogen (secondary N) is 1. The van der Waals surface area contributed by atoms with E-state index in [2.05, 4.69) is 15.6 Å². The Morgan fingerprint density at radius 1 is 1.58 bits per heavy atom. The van der Waals surface area contributed by atoms with Gasteiger partial charge >= 0.3 is 0 Å². The normalized spacial score (nSPS) is 19.3. The summed E-state index contributed by atoms with van der Waals surface area (Å²) in [5.74, 6) is -0.0655. The molecule has 1 aliphatic rings. The molecule has 106 valence electrons. The van der Waals surface area contributed by atoms with Gasteiger partial charge in [-0.2, -0.15) is 0 Å². The van der Waals surface area contributed by atoms with Crippen LogP contribution in [0.15, 0.2) is 6.20 Å². The fourth-order valence-corrected chi connectivity index (χ4v) is 2.12. The molecule has 1 aromatic rings. The molecule has 0 spiro atoms. The lowest BCUT2D eigenvalue weighted by molar-refractivity contribution is -0.122. The maximum atomic E-state index is 11.7. The minimum absolute atomic E-state index is 0.0655. The summed E-state index contributed by atoms with van der Waals surface area (Å²) >= 11 is 0. The van der Waals surface area contributed by atoms with Crippen molar-refractivity contribution < 1.29 is 9.53 Å². The Balaban J connectivity index is 1.63. The van der Waals surface area contributed by atoms with Crippen molar-refractivity contribution >= 4 is 5.91 Å². The van der Waals surface area contributed by atoms with Gasteiger partial charge in [0, 0.05) is 19.7 Å². The first kappa shape index (κ1) is 14.0. The van der Waals surface area contributed by atoms with Crippen LogP contribution in [0, 0.1) is 0 Å². The molecule has 2 rings (SSSR count). The van der Waals surface area contributed by atoms with Gasteiger partial charge in [-0.05, 0) is 25.7 Å². The highest BCUT2D eigenvalue weighted by Crippen LogP contribution is 2.14. The van der Waals surface area contributed by atoms with Crippen molar-refractivity contribution in [3.63, 3.8) is 0 Å². The zero-order chi connectivity index (χ0) is 13.5. The number of ether oxygens (including phenoxy) is 1.